The minimum Gasteiger partial charge on any atom is -0.370 e. The van der Waals surface area contributed by atoms with E-state index in [-0.39, 0.29) is 12.0 Å². The van der Waals surface area contributed by atoms with Crippen molar-refractivity contribution in [2.75, 3.05) is 6.54 Å². The van der Waals surface area contributed by atoms with Gasteiger partial charge in [-0.25, -0.2) is 0 Å². The first-order valence-electron chi connectivity index (χ1n) is 6.04. The van der Waals surface area contributed by atoms with Gasteiger partial charge in [0, 0.05) is 12.5 Å². The zero-order valence-corrected chi connectivity index (χ0v) is 10.6. The van der Waals surface area contributed by atoms with E-state index in [2.05, 4.69) is 5.32 Å². The SMILES string of the molecule is CCCNC(CC(N)=O)c1ccccc1C(F)(F)F. The van der Waals surface area contributed by atoms with Crippen LogP contribution in [-0.4, -0.2) is 12.5 Å². The first-order valence-corrected chi connectivity index (χ1v) is 6.04. The molecule has 6 heteroatoms. The second-order valence-electron chi connectivity index (χ2n) is 4.26. The van der Waals surface area contributed by atoms with Crippen molar-refractivity contribution in [3.63, 3.8) is 0 Å². The number of carbonyl (C=O) groups is 1. The average molecular weight is 274 g/mol. The maximum absolute atomic E-state index is 12.9. The third kappa shape index (κ3) is 4.55. The Bertz CT molecular complexity index is 432. The van der Waals surface area contributed by atoms with E-state index >= 15 is 0 Å². The Labute approximate surface area is 110 Å². The van der Waals surface area contributed by atoms with E-state index in [9.17, 15) is 18.0 Å². The van der Waals surface area contributed by atoms with Gasteiger partial charge in [-0.3, -0.25) is 4.79 Å². The fraction of sp³-hybridized carbons (Fsp3) is 0.462. The lowest BCUT2D eigenvalue weighted by Crippen LogP contribution is -2.29. The van der Waals surface area contributed by atoms with Crippen LogP contribution in [0.15, 0.2) is 24.3 Å². The van der Waals surface area contributed by atoms with Gasteiger partial charge in [0.25, 0.3) is 0 Å². The highest BCUT2D eigenvalue weighted by atomic mass is 19.4. The Balaban J connectivity index is 3.10. The summed E-state index contributed by atoms with van der Waals surface area (Å²) < 4.78 is 38.8. The first-order chi connectivity index (χ1) is 8.86. The number of nitrogens with two attached hydrogens (primary N) is 1. The summed E-state index contributed by atoms with van der Waals surface area (Å²) in [4.78, 5) is 11.0. The Kier molecular flexibility index (Phi) is 5.35. The lowest BCUT2D eigenvalue weighted by atomic mass is 9.97. The zero-order chi connectivity index (χ0) is 14.5. The molecule has 1 aromatic carbocycles. The van der Waals surface area contributed by atoms with E-state index in [0.717, 1.165) is 12.5 Å². The number of amides is 1. The second-order valence-corrected chi connectivity index (χ2v) is 4.26. The summed E-state index contributed by atoms with van der Waals surface area (Å²) in [6.45, 7) is 2.41. The van der Waals surface area contributed by atoms with E-state index < -0.39 is 23.7 Å². The molecule has 1 amide bonds. The van der Waals surface area contributed by atoms with Gasteiger partial charge in [0.1, 0.15) is 0 Å². The van der Waals surface area contributed by atoms with Crippen molar-refractivity contribution in [2.45, 2.75) is 32.0 Å². The molecular weight excluding hydrogens is 257 g/mol. The smallest absolute Gasteiger partial charge is 0.370 e. The zero-order valence-electron chi connectivity index (χ0n) is 10.6. The van der Waals surface area contributed by atoms with Gasteiger partial charge in [-0.1, -0.05) is 25.1 Å². The van der Waals surface area contributed by atoms with Crippen LogP contribution in [0.25, 0.3) is 0 Å². The Morgan fingerprint density at radius 3 is 2.53 bits per heavy atom. The van der Waals surface area contributed by atoms with Crippen molar-refractivity contribution >= 4 is 5.91 Å². The number of primary amides is 1. The van der Waals surface area contributed by atoms with Gasteiger partial charge >= 0.3 is 6.18 Å². The molecule has 0 aliphatic heterocycles. The largest absolute Gasteiger partial charge is 0.416 e. The molecule has 0 saturated heterocycles. The van der Waals surface area contributed by atoms with E-state index in [1.54, 1.807) is 0 Å². The standard InChI is InChI=1S/C13H17F3N2O/c1-2-7-18-11(8-12(17)19)9-5-3-4-6-10(9)13(14,15)16/h3-6,11,18H,2,7-8H2,1H3,(H2,17,19). The topological polar surface area (TPSA) is 55.1 Å². The molecule has 3 N–H and O–H groups in total. The van der Waals surface area contributed by atoms with Crippen LogP contribution in [0.4, 0.5) is 13.2 Å². The highest BCUT2D eigenvalue weighted by Gasteiger charge is 2.35. The van der Waals surface area contributed by atoms with Gasteiger partial charge in [-0.2, -0.15) is 13.2 Å². The van der Waals surface area contributed by atoms with Crippen molar-refractivity contribution in [3.8, 4) is 0 Å². The number of nitrogens with one attached hydrogen (secondary N) is 1. The number of halogens is 3. The summed E-state index contributed by atoms with van der Waals surface area (Å²) in [5.41, 5.74) is 4.43. The van der Waals surface area contributed by atoms with Crippen LogP contribution in [0.3, 0.4) is 0 Å². The third-order valence-corrected chi connectivity index (χ3v) is 2.69. The van der Waals surface area contributed by atoms with E-state index in [4.69, 9.17) is 5.73 Å². The lowest BCUT2D eigenvalue weighted by Gasteiger charge is -2.21. The number of rotatable bonds is 6. The quantitative estimate of drug-likeness (QED) is 0.837. The second kappa shape index (κ2) is 6.56. The number of alkyl halides is 3. The van der Waals surface area contributed by atoms with Gasteiger partial charge in [0.05, 0.1) is 5.56 Å². The summed E-state index contributed by atoms with van der Waals surface area (Å²) in [5.74, 6) is -0.634. The molecule has 19 heavy (non-hydrogen) atoms. The molecule has 0 spiro atoms. The molecule has 106 valence electrons. The van der Waals surface area contributed by atoms with Crippen molar-refractivity contribution in [1.82, 2.24) is 5.32 Å². The van der Waals surface area contributed by atoms with Crippen molar-refractivity contribution in [1.29, 1.82) is 0 Å². The highest BCUT2D eigenvalue weighted by Crippen LogP contribution is 2.35. The summed E-state index contributed by atoms with van der Waals surface area (Å²) in [7, 11) is 0. The summed E-state index contributed by atoms with van der Waals surface area (Å²) in [6.07, 6.45) is -3.85. The van der Waals surface area contributed by atoms with Crippen molar-refractivity contribution in [3.05, 3.63) is 35.4 Å². The highest BCUT2D eigenvalue weighted by molar-refractivity contribution is 5.74. The molecule has 1 rings (SSSR count). The summed E-state index contributed by atoms with van der Waals surface area (Å²) in [6, 6.07) is 4.52. The van der Waals surface area contributed by atoms with E-state index in [1.165, 1.54) is 18.2 Å². The molecule has 3 nitrogen and oxygen atoms in total. The van der Waals surface area contributed by atoms with Gasteiger partial charge in [-0.05, 0) is 24.6 Å². The Hall–Kier alpha value is -1.56. The molecule has 0 saturated carbocycles. The van der Waals surface area contributed by atoms with Crippen molar-refractivity contribution < 1.29 is 18.0 Å². The molecule has 0 aromatic heterocycles. The fourth-order valence-electron chi connectivity index (χ4n) is 1.87. The summed E-state index contributed by atoms with van der Waals surface area (Å²) in [5, 5.41) is 2.93. The molecular formula is C13H17F3N2O. The fourth-order valence-corrected chi connectivity index (χ4v) is 1.87. The third-order valence-electron chi connectivity index (χ3n) is 2.69. The van der Waals surface area contributed by atoms with Crippen LogP contribution in [0, 0.1) is 0 Å². The summed E-state index contributed by atoms with van der Waals surface area (Å²) >= 11 is 0. The Morgan fingerprint density at radius 1 is 1.37 bits per heavy atom. The first kappa shape index (κ1) is 15.5. The van der Waals surface area contributed by atoms with Gasteiger partial charge in [0.2, 0.25) is 5.91 Å². The molecule has 0 radical (unpaired) electrons. The molecule has 1 unspecified atom stereocenters. The van der Waals surface area contributed by atoms with Crippen LogP contribution in [0.2, 0.25) is 0 Å². The van der Waals surface area contributed by atoms with E-state index in [1.807, 2.05) is 6.92 Å². The minimum absolute atomic E-state index is 0.0576. The normalized spacial score (nSPS) is 13.3. The molecule has 1 atom stereocenters. The molecule has 0 fully saturated rings. The number of benzene rings is 1. The molecule has 1 aromatic rings. The maximum Gasteiger partial charge on any atom is 0.416 e. The van der Waals surface area contributed by atoms with Crippen LogP contribution in [-0.2, 0) is 11.0 Å². The molecule has 0 bridgehead atoms. The van der Waals surface area contributed by atoms with Crippen LogP contribution in [0.5, 0.6) is 0 Å². The van der Waals surface area contributed by atoms with Crippen molar-refractivity contribution in [2.24, 2.45) is 5.73 Å². The predicted molar refractivity (Wildman–Crippen MR) is 66.3 cm³/mol. The van der Waals surface area contributed by atoms with E-state index in [0.29, 0.717) is 6.54 Å². The predicted octanol–water partition coefficient (Wildman–Crippen LogP) is 2.62. The van der Waals surface area contributed by atoms with Crippen LogP contribution < -0.4 is 11.1 Å². The molecule has 0 heterocycles. The minimum atomic E-state index is -4.44. The lowest BCUT2D eigenvalue weighted by molar-refractivity contribution is -0.138. The number of carbonyl (C=O) groups excluding carboxylic acids is 1. The average Bonchev–Trinajstić information content (AvgIpc) is 2.33. The molecule has 0 aliphatic rings. The van der Waals surface area contributed by atoms with Crippen LogP contribution in [0.1, 0.15) is 36.9 Å². The molecule has 0 aliphatic carbocycles. The maximum atomic E-state index is 12.9. The van der Waals surface area contributed by atoms with Gasteiger partial charge in [-0.15, -0.1) is 0 Å². The Morgan fingerprint density at radius 2 is 2.00 bits per heavy atom. The van der Waals surface area contributed by atoms with Crippen LogP contribution >= 0.6 is 0 Å². The number of hydrogen-bond donors (Lipinski definition) is 2. The number of hydrogen-bond acceptors (Lipinski definition) is 2. The van der Waals surface area contributed by atoms with Gasteiger partial charge in [0.15, 0.2) is 0 Å². The monoisotopic (exact) mass is 274 g/mol. The van der Waals surface area contributed by atoms with Gasteiger partial charge < -0.3 is 11.1 Å².